The quantitative estimate of drug-likeness (QED) is 0.712. The smallest absolute Gasteiger partial charge is 0.0758 e. The molecule has 4 heteroatoms. The number of rotatable bonds is 6. The van der Waals surface area contributed by atoms with Gasteiger partial charge < -0.3 is 5.32 Å². The first kappa shape index (κ1) is 14.7. The van der Waals surface area contributed by atoms with E-state index in [1.54, 1.807) is 11.3 Å². The van der Waals surface area contributed by atoms with E-state index in [-0.39, 0.29) is 0 Å². The van der Waals surface area contributed by atoms with Crippen molar-refractivity contribution in [3.8, 4) is 0 Å². The van der Waals surface area contributed by atoms with Gasteiger partial charge >= 0.3 is 0 Å². The topological polar surface area (TPSA) is 12.0 Å². The molecule has 0 bridgehead atoms. The van der Waals surface area contributed by atoms with E-state index in [9.17, 15) is 0 Å². The second-order valence-electron chi connectivity index (χ2n) is 4.08. The minimum absolute atomic E-state index is 0.460. The zero-order valence-corrected chi connectivity index (χ0v) is 14.0. The molecule has 1 aromatic heterocycles. The maximum atomic E-state index is 3.66. The van der Waals surface area contributed by atoms with Gasteiger partial charge in [0.15, 0.2) is 0 Å². The van der Waals surface area contributed by atoms with Crippen LogP contribution >= 0.6 is 43.2 Å². The van der Waals surface area contributed by atoms with E-state index in [0.717, 1.165) is 6.54 Å². The van der Waals surface area contributed by atoms with Gasteiger partial charge in [-0.2, -0.15) is 0 Å². The molecular formula is C12H19Br2NS. The van der Waals surface area contributed by atoms with Gasteiger partial charge in [-0.1, -0.05) is 27.2 Å². The van der Waals surface area contributed by atoms with Crippen LogP contribution < -0.4 is 5.32 Å². The molecule has 0 radical (unpaired) electrons. The Labute approximate surface area is 119 Å². The molecular weight excluding hydrogens is 350 g/mol. The highest BCUT2D eigenvalue weighted by atomic mass is 79.9. The van der Waals surface area contributed by atoms with Crippen molar-refractivity contribution in [3.63, 3.8) is 0 Å². The summed E-state index contributed by atoms with van der Waals surface area (Å²) >= 11 is 8.96. The van der Waals surface area contributed by atoms with Crippen LogP contribution in [0.5, 0.6) is 0 Å². The number of thiophene rings is 1. The third kappa shape index (κ3) is 3.83. The Bertz CT molecular complexity index is 325. The third-order valence-electron chi connectivity index (χ3n) is 2.76. The first-order valence-corrected chi connectivity index (χ1v) is 8.18. The van der Waals surface area contributed by atoms with Crippen molar-refractivity contribution in [2.45, 2.75) is 39.7 Å². The van der Waals surface area contributed by atoms with Crippen LogP contribution in [0.25, 0.3) is 0 Å². The Morgan fingerprint density at radius 2 is 2.06 bits per heavy atom. The SMILES string of the molecule is CCCC(C)C(NCC)c1cc(Br)sc1Br. The second-order valence-corrected chi connectivity index (χ2v) is 7.83. The monoisotopic (exact) mass is 367 g/mol. The molecule has 0 aliphatic heterocycles. The molecule has 1 aromatic rings. The number of hydrogen-bond acceptors (Lipinski definition) is 2. The fourth-order valence-electron chi connectivity index (χ4n) is 2.02. The highest BCUT2D eigenvalue weighted by molar-refractivity contribution is 9.12. The fraction of sp³-hybridized carbons (Fsp3) is 0.667. The lowest BCUT2D eigenvalue weighted by Gasteiger charge is -2.24. The molecule has 92 valence electrons. The average molecular weight is 369 g/mol. The Hall–Kier alpha value is 0.620. The molecule has 0 saturated heterocycles. The number of halogens is 2. The van der Waals surface area contributed by atoms with Gasteiger partial charge in [0.1, 0.15) is 0 Å². The predicted molar refractivity (Wildman–Crippen MR) is 80.2 cm³/mol. The highest BCUT2D eigenvalue weighted by Crippen LogP contribution is 2.38. The minimum atomic E-state index is 0.460. The number of hydrogen-bond donors (Lipinski definition) is 1. The van der Waals surface area contributed by atoms with Crippen molar-refractivity contribution < 1.29 is 0 Å². The summed E-state index contributed by atoms with van der Waals surface area (Å²) in [7, 11) is 0. The lowest BCUT2D eigenvalue weighted by Crippen LogP contribution is -2.26. The van der Waals surface area contributed by atoms with Crippen molar-refractivity contribution in [1.29, 1.82) is 0 Å². The second kappa shape index (κ2) is 7.14. The van der Waals surface area contributed by atoms with Crippen molar-refractivity contribution in [2.75, 3.05) is 6.54 Å². The van der Waals surface area contributed by atoms with E-state index >= 15 is 0 Å². The van der Waals surface area contributed by atoms with Crippen LogP contribution in [0.4, 0.5) is 0 Å². The molecule has 0 spiro atoms. The molecule has 0 saturated carbocycles. The van der Waals surface area contributed by atoms with E-state index in [4.69, 9.17) is 0 Å². The summed E-state index contributed by atoms with van der Waals surface area (Å²) < 4.78 is 2.44. The van der Waals surface area contributed by atoms with Crippen LogP contribution in [0.2, 0.25) is 0 Å². The van der Waals surface area contributed by atoms with Crippen LogP contribution in [-0.2, 0) is 0 Å². The normalized spacial score (nSPS) is 15.1. The van der Waals surface area contributed by atoms with Crippen LogP contribution in [0.3, 0.4) is 0 Å². The summed E-state index contributed by atoms with van der Waals surface area (Å²) in [6.07, 6.45) is 2.50. The molecule has 2 unspecified atom stereocenters. The lowest BCUT2D eigenvalue weighted by molar-refractivity contribution is 0.369. The average Bonchev–Trinajstić information content (AvgIpc) is 2.54. The van der Waals surface area contributed by atoms with Crippen molar-refractivity contribution in [2.24, 2.45) is 5.92 Å². The summed E-state index contributed by atoms with van der Waals surface area (Å²) in [6, 6.07) is 2.69. The Morgan fingerprint density at radius 1 is 1.38 bits per heavy atom. The Kier molecular flexibility index (Phi) is 6.55. The Balaban J connectivity index is 2.88. The number of nitrogens with one attached hydrogen (secondary N) is 1. The van der Waals surface area contributed by atoms with Crippen molar-refractivity contribution >= 4 is 43.2 Å². The van der Waals surface area contributed by atoms with Crippen molar-refractivity contribution in [1.82, 2.24) is 5.32 Å². The largest absolute Gasteiger partial charge is 0.310 e. The van der Waals surface area contributed by atoms with E-state index in [1.165, 1.54) is 26.0 Å². The maximum Gasteiger partial charge on any atom is 0.0758 e. The van der Waals surface area contributed by atoms with Crippen LogP contribution in [0.1, 0.15) is 45.2 Å². The molecule has 2 atom stereocenters. The van der Waals surface area contributed by atoms with Gasteiger partial charge in [0.25, 0.3) is 0 Å². The van der Waals surface area contributed by atoms with Gasteiger partial charge in [-0.3, -0.25) is 0 Å². The zero-order chi connectivity index (χ0) is 12.1. The van der Waals surface area contributed by atoms with Crippen LogP contribution in [-0.4, -0.2) is 6.54 Å². The van der Waals surface area contributed by atoms with Crippen molar-refractivity contribution in [3.05, 3.63) is 19.2 Å². The minimum Gasteiger partial charge on any atom is -0.310 e. The molecule has 16 heavy (non-hydrogen) atoms. The lowest BCUT2D eigenvalue weighted by atomic mass is 9.92. The molecule has 0 fully saturated rings. The van der Waals surface area contributed by atoms with E-state index < -0.39 is 0 Å². The van der Waals surface area contributed by atoms with Gasteiger partial charge in [-0.05, 0) is 62.4 Å². The molecule has 0 amide bonds. The van der Waals surface area contributed by atoms with Gasteiger partial charge in [-0.15, -0.1) is 11.3 Å². The summed E-state index contributed by atoms with van der Waals surface area (Å²) in [5.74, 6) is 0.669. The predicted octanol–water partition coefficient (Wildman–Crippen LogP) is 5.36. The van der Waals surface area contributed by atoms with Gasteiger partial charge in [0.2, 0.25) is 0 Å². The van der Waals surface area contributed by atoms with E-state index in [2.05, 4.69) is 64.0 Å². The molecule has 0 aliphatic rings. The summed E-state index contributed by atoms with van der Waals surface area (Å²) in [4.78, 5) is 0. The molecule has 0 aromatic carbocycles. The van der Waals surface area contributed by atoms with Crippen LogP contribution in [0, 0.1) is 5.92 Å². The highest BCUT2D eigenvalue weighted by Gasteiger charge is 2.21. The van der Waals surface area contributed by atoms with Gasteiger partial charge in [0, 0.05) is 6.04 Å². The summed E-state index contributed by atoms with van der Waals surface area (Å²) in [5.41, 5.74) is 1.39. The third-order valence-corrected chi connectivity index (χ3v) is 5.14. The fourth-order valence-corrected chi connectivity index (χ4v) is 4.95. The van der Waals surface area contributed by atoms with Crippen LogP contribution in [0.15, 0.2) is 13.6 Å². The standard InChI is InChI=1S/C12H19Br2NS/c1-4-6-8(3)11(15-5-2)9-7-10(13)16-12(9)14/h7-8,11,15H,4-6H2,1-3H3. The van der Waals surface area contributed by atoms with Gasteiger partial charge in [-0.25, -0.2) is 0 Å². The van der Waals surface area contributed by atoms with E-state index in [0.29, 0.717) is 12.0 Å². The summed E-state index contributed by atoms with van der Waals surface area (Å²) in [6.45, 7) is 7.76. The first-order chi connectivity index (χ1) is 7.60. The summed E-state index contributed by atoms with van der Waals surface area (Å²) in [5, 5.41) is 3.59. The Morgan fingerprint density at radius 3 is 2.50 bits per heavy atom. The molecule has 1 nitrogen and oxygen atoms in total. The zero-order valence-electron chi connectivity index (χ0n) is 10.0. The molecule has 1 rings (SSSR count). The van der Waals surface area contributed by atoms with Gasteiger partial charge in [0.05, 0.1) is 7.57 Å². The van der Waals surface area contributed by atoms with E-state index in [1.807, 2.05) is 0 Å². The first-order valence-electron chi connectivity index (χ1n) is 5.78. The maximum absolute atomic E-state index is 3.66. The molecule has 0 aliphatic carbocycles. The molecule has 1 heterocycles. The molecule has 1 N–H and O–H groups in total.